The fourth-order valence-electron chi connectivity index (χ4n) is 2.37. The maximum Gasteiger partial charge on any atom is 0.304 e. The van der Waals surface area contributed by atoms with E-state index < -0.39 is 5.97 Å². The first kappa shape index (κ1) is 13.5. The Kier molecular flexibility index (Phi) is 5.22. The number of carboxylic acid groups (broad SMARTS) is 1. The molecular weight excluding hydrogens is 204 g/mol. The van der Waals surface area contributed by atoms with Crippen LogP contribution in [0, 0.1) is 0 Å². The van der Waals surface area contributed by atoms with E-state index in [2.05, 4.69) is 30.6 Å². The van der Waals surface area contributed by atoms with Gasteiger partial charge in [0.25, 0.3) is 0 Å². The molecule has 16 heavy (non-hydrogen) atoms. The molecule has 0 radical (unpaired) electrons. The molecule has 1 unspecified atom stereocenters. The molecule has 0 amide bonds. The van der Waals surface area contributed by atoms with Crippen molar-refractivity contribution in [2.75, 3.05) is 26.2 Å². The Balaban J connectivity index is 2.40. The van der Waals surface area contributed by atoms with Crippen molar-refractivity contribution < 1.29 is 9.90 Å². The average molecular weight is 228 g/mol. The number of carboxylic acids is 1. The van der Waals surface area contributed by atoms with Gasteiger partial charge in [0.1, 0.15) is 0 Å². The lowest BCUT2D eigenvalue weighted by Gasteiger charge is -2.28. The van der Waals surface area contributed by atoms with Crippen molar-refractivity contribution in [2.45, 2.75) is 45.7 Å². The van der Waals surface area contributed by atoms with Crippen molar-refractivity contribution in [1.29, 1.82) is 0 Å². The van der Waals surface area contributed by atoms with Crippen LogP contribution in [0.15, 0.2) is 0 Å². The Labute approximate surface area is 98.2 Å². The number of likely N-dealkylation sites (tertiary alicyclic amines) is 1. The molecule has 0 spiro atoms. The molecule has 1 saturated heterocycles. The van der Waals surface area contributed by atoms with Gasteiger partial charge in [0.05, 0.1) is 6.42 Å². The second kappa shape index (κ2) is 6.21. The second-order valence-corrected chi connectivity index (χ2v) is 4.80. The normalized spacial score (nSPS) is 22.2. The van der Waals surface area contributed by atoms with Crippen molar-refractivity contribution in [3.63, 3.8) is 0 Å². The van der Waals surface area contributed by atoms with Crippen LogP contribution in [0.25, 0.3) is 0 Å². The van der Waals surface area contributed by atoms with E-state index in [1.807, 2.05) is 0 Å². The van der Waals surface area contributed by atoms with Gasteiger partial charge in [-0.1, -0.05) is 6.92 Å². The van der Waals surface area contributed by atoms with E-state index in [9.17, 15) is 4.79 Å². The topological polar surface area (TPSA) is 43.8 Å². The van der Waals surface area contributed by atoms with Crippen molar-refractivity contribution in [2.24, 2.45) is 0 Å². The van der Waals surface area contributed by atoms with Crippen molar-refractivity contribution in [3.05, 3.63) is 0 Å². The summed E-state index contributed by atoms with van der Waals surface area (Å²) in [6, 6.07) is 1.15. The molecule has 1 fully saturated rings. The van der Waals surface area contributed by atoms with Crippen LogP contribution in [-0.4, -0.2) is 59.1 Å². The quantitative estimate of drug-likeness (QED) is 0.743. The molecule has 4 heteroatoms. The van der Waals surface area contributed by atoms with Crippen molar-refractivity contribution in [1.82, 2.24) is 9.80 Å². The van der Waals surface area contributed by atoms with Gasteiger partial charge in [-0.3, -0.25) is 14.6 Å². The molecule has 1 rings (SSSR count). The SMILES string of the molecule is CCN(CCC(=O)O)C1CCN(C(C)C)C1. The van der Waals surface area contributed by atoms with Gasteiger partial charge in [0.2, 0.25) is 0 Å². The summed E-state index contributed by atoms with van der Waals surface area (Å²) < 4.78 is 0. The minimum Gasteiger partial charge on any atom is -0.481 e. The highest BCUT2D eigenvalue weighted by molar-refractivity contribution is 5.66. The third kappa shape index (κ3) is 3.76. The van der Waals surface area contributed by atoms with Gasteiger partial charge in [0, 0.05) is 31.7 Å². The minimum atomic E-state index is -0.697. The first-order valence-corrected chi connectivity index (χ1v) is 6.24. The Morgan fingerprint density at radius 3 is 2.69 bits per heavy atom. The first-order valence-electron chi connectivity index (χ1n) is 6.24. The zero-order chi connectivity index (χ0) is 12.1. The molecule has 0 aromatic rings. The summed E-state index contributed by atoms with van der Waals surface area (Å²) >= 11 is 0. The summed E-state index contributed by atoms with van der Waals surface area (Å²) in [6.07, 6.45) is 1.43. The van der Waals surface area contributed by atoms with Crippen LogP contribution in [-0.2, 0) is 4.79 Å². The van der Waals surface area contributed by atoms with Crippen LogP contribution in [0.2, 0.25) is 0 Å². The van der Waals surface area contributed by atoms with E-state index >= 15 is 0 Å². The van der Waals surface area contributed by atoms with Crippen LogP contribution in [0.4, 0.5) is 0 Å². The van der Waals surface area contributed by atoms with Crippen LogP contribution in [0.1, 0.15) is 33.6 Å². The number of hydrogen-bond acceptors (Lipinski definition) is 3. The summed E-state index contributed by atoms with van der Waals surface area (Å²) in [5.74, 6) is -0.697. The molecule has 94 valence electrons. The van der Waals surface area contributed by atoms with Crippen LogP contribution in [0.5, 0.6) is 0 Å². The maximum atomic E-state index is 10.6. The van der Waals surface area contributed by atoms with Gasteiger partial charge in [-0.15, -0.1) is 0 Å². The van der Waals surface area contributed by atoms with E-state index in [4.69, 9.17) is 5.11 Å². The van der Waals surface area contributed by atoms with Gasteiger partial charge in [0.15, 0.2) is 0 Å². The number of hydrogen-bond donors (Lipinski definition) is 1. The summed E-state index contributed by atoms with van der Waals surface area (Å²) in [5, 5.41) is 8.70. The molecule has 1 aliphatic heterocycles. The van der Waals surface area contributed by atoms with E-state index in [-0.39, 0.29) is 6.42 Å². The molecule has 0 aromatic heterocycles. The monoisotopic (exact) mass is 228 g/mol. The number of rotatable bonds is 6. The third-order valence-electron chi connectivity index (χ3n) is 3.46. The molecule has 0 saturated carbocycles. The van der Waals surface area contributed by atoms with Gasteiger partial charge in [-0.05, 0) is 26.8 Å². The van der Waals surface area contributed by atoms with Gasteiger partial charge in [-0.25, -0.2) is 0 Å². The fourth-order valence-corrected chi connectivity index (χ4v) is 2.37. The van der Waals surface area contributed by atoms with Crippen molar-refractivity contribution in [3.8, 4) is 0 Å². The fraction of sp³-hybridized carbons (Fsp3) is 0.917. The molecule has 1 N–H and O–H groups in total. The van der Waals surface area contributed by atoms with Gasteiger partial charge in [-0.2, -0.15) is 0 Å². The summed E-state index contributed by atoms with van der Waals surface area (Å²) in [4.78, 5) is 15.3. The molecule has 4 nitrogen and oxygen atoms in total. The zero-order valence-electron chi connectivity index (χ0n) is 10.6. The molecule has 0 aromatic carbocycles. The van der Waals surface area contributed by atoms with Gasteiger partial charge >= 0.3 is 5.97 Å². The van der Waals surface area contributed by atoms with Crippen LogP contribution in [0.3, 0.4) is 0 Å². The molecule has 0 bridgehead atoms. The molecule has 1 heterocycles. The van der Waals surface area contributed by atoms with Crippen molar-refractivity contribution >= 4 is 5.97 Å². The molecule has 1 aliphatic rings. The Bertz CT molecular complexity index is 231. The van der Waals surface area contributed by atoms with E-state index in [0.717, 1.165) is 19.6 Å². The van der Waals surface area contributed by atoms with E-state index in [1.165, 1.54) is 6.42 Å². The Hall–Kier alpha value is -0.610. The summed E-state index contributed by atoms with van der Waals surface area (Å²) in [5.41, 5.74) is 0. The largest absolute Gasteiger partial charge is 0.481 e. The lowest BCUT2D eigenvalue weighted by Crippen LogP contribution is -2.39. The highest BCUT2D eigenvalue weighted by atomic mass is 16.4. The highest BCUT2D eigenvalue weighted by Crippen LogP contribution is 2.17. The zero-order valence-corrected chi connectivity index (χ0v) is 10.6. The van der Waals surface area contributed by atoms with Gasteiger partial charge < -0.3 is 5.11 Å². The summed E-state index contributed by atoms with van der Waals surface area (Å²) in [7, 11) is 0. The van der Waals surface area contributed by atoms with E-state index in [1.54, 1.807) is 0 Å². The minimum absolute atomic E-state index is 0.256. The number of carbonyl (C=O) groups is 1. The predicted octanol–water partition coefficient (Wildman–Crippen LogP) is 1.27. The lowest BCUT2D eigenvalue weighted by molar-refractivity contribution is -0.137. The molecular formula is C12H24N2O2. The number of aliphatic carboxylic acids is 1. The Morgan fingerprint density at radius 2 is 2.25 bits per heavy atom. The van der Waals surface area contributed by atoms with Crippen LogP contribution >= 0.6 is 0 Å². The average Bonchev–Trinajstić information content (AvgIpc) is 2.67. The second-order valence-electron chi connectivity index (χ2n) is 4.80. The standard InChI is InChI=1S/C12H24N2O2/c1-4-13(8-6-12(15)16)11-5-7-14(9-11)10(2)3/h10-11H,4-9H2,1-3H3,(H,15,16). The number of likely N-dealkylation sites (N-methyl/N-ethyl adjacent to an activating group) is 1. The molecule has 0 aliphatic carbocycles. The third-order valence-corrected chi connectivity index (χ3v) is 3.46. The lowest BCUT2D eigenvalue weighted by atomic mass is 10.2. The Morgan fingerprint density at radius 1 is 1.56 bits per heavy atom. The number of nitrogens with zero attached hydrogens (tertiary/aromatic N) is 2. The predicted molar refractivity (Wildman–Crippen MR) is 64.6 cm³/mol. The maximum absolute atomic E-state index is 10.6. The highest BCUT2D eigenvalue weighted by Gasteiger charge is 2.28. The summed E-state index contributed by atoms with van der Waals surface area (Å²) in [6.45, 7) is 10.4. The first-order chi connectivity index (χ1) is 7.54. The molecule has 1 atom stereocenters. The smallest absolute Gasteiger partial charge is 0.304 e. The van der Waals surface area contributed by atoms with E-state index in [0.29, 0.717) is 18.6 Å². The van der Waals surface area contributed by atoms with Crippen LogP contribution < -0.4 is 0 Å².